The molecule has 0 spiro atoms. The van der Waals surface area contributed by atoms with Crippen molar-refractivity contribution in [2.45, 2.75) is 44.6 Å². The van der Waals surface area contributed by atoms with E-state index in [1.807, 2.05) is 35.8 Å². The first kappa shape index (κ1) is 22.9. The number of para-hydroxylation sites is 1. The fourth-order valence-corrected chi connectivity index (χ4v) is 3.87. The molecule has 1 aromatic heterocycles. The molecule has 0 aliphatic carbocycles. The lowest BCUT2D eigenvalue weighted by Gasteiger charge is -2.13. The molecule has 31 heavy (non-hydrogen) atoms. The number of rotatable bonds is 7. The Kier molecular flexibility index (Phi) is 7.04. The Bertz CT molecular complexity index is 1050. The monoisotopic (exact) mass is 448 g/mol. The minimum atomic E-state index is -4.54. The van der Waals surface area contributed by atoms with Gasteiger partial charge in [-0.05, 0) is 30.5 Å². The van der Waals surface area contributed by atoms with E-state index < -0.39 is 17.6 Å². The molecule has 1 heterocycles. The third kappa shape index (κ3) is 5.46. The number of alkyl halides is 3. The molecule has 0 unspecified atom stereocenters. The summed E-state index contributed by atoms with van der Waals surface area (Å²) in [5.41, 5.74) is 0.992. The predicted octanol–water partition coefficient (Wildman–Crippen LogP) is 5.84. The maximum absolute atomic E-state index is 13.1. The van der Waals surface area contributed by atoms with Crippen LogP contribution < -0.4 is 5.32 Å². The summed E-state index contributed by atoms with van der Waals surface area (Å²) in [6.07, 6.45) is -4.54. The van der Waals surface area contributed by atoms with Crippen molar-refractivity contribution in [2.75, 3.05) is 11.1 Å². The summed E-state index contributed by atoms with van der Waals surface area (Å²) in [6.45, 7) is 6.78. The minimum absolute atomic E-state index is 0.0867. The van der Waals surface area contributed by atoms with Crippen molar-refractivity contribution in [3.8, 4) is 11.4 Å². The Balaban J connectivity index is 1.71. The van der Waals surface area contributed by atoms with E-state index in [-0.39, 0.29) is 11.4 Å². The molecule has 0 aliphatic heterocycles. The van der Waals surface area contributed by atoms with Crippen molar-refractivity contribution in [1.29, 1.82) is 0 Å². The van der Waals surface area contributed by atoms with E-state index in [4.69, 9.17) is 0 Å². The first-order valence-corrected chi connectivity index (χ1v) is 10.8. The van der Waals surface area contributed by atoms with Crippen LogP contribution in [0.2, 0.25) is 0 Å². The number of hydrogen-bond acceptors (Lipinski definition) is 4. The molecule has 1 amide bonds. The third-order valence-corrected chi connectivity index (χ3v) is 5.67. The number of nitrogens with zero attached hydrogens (tertiary/aromatic N) is 3. The number of amides is 1. The molecule has 3 rings (SSSR count). The molecule has 0 atom stereocenters. The molecule has 0 radical (unpaired) electrons. The molecular weight excluding hydrogens is 425 g/mol. The average molecular weight is 449 g/mol. The number of carbonyl (C=O) groups excluding carboxylic acids is 1. The van der Waals surface area contributed by atoms with Crippen LogP contribution in [0.15, 0.2) is 53.7 Å². The van der Waals surface area contributed by atoms with Gasteiger partial charge in [0, 0.05) is 12.1 Å². The summed E-state index contributed by atoms with van der Waals surface area (Å²) in [5, 5.41) is 11.3. The van der Waals surface area contributed by atoms with Gasteiger partial charge in [-0.15, -0.1) is 10.2 Å². The van der Waals surface area contributed by atoms with E-state index >= 15 is 0 Å². The lowest BCUT2D eigenvalue weighted by atomic mass is 10.0. The zero-order valence-electron chi connectivity index (χ0n) is 17.4. The smallest absolute Gasteiger partial charge is 0.325 e. The molecule has 0 aliphatic rings. The molecule has 5 nitrogen and oxygen atoms in total. The van der Waals surface area contributed by atoms with Gasteiger partial charge >= 0.3 is 6.18 Å². The Hall–Kier alpha value is -2.81. The second-order valence-electron chi connectivity index (χ2n) is 7.21. The van der Waals surface area contributed by atoms with E-state index in [1.165, 1.54) is 23.8 Å². The number of thioether (sulfide) groups is 1. The van der Waals surface area contributed by atoms with Crippen LogP contribution in [0.25, 0.3) is 11.4 Å². The summed E-state index contributed by atoms with van der Waals surface area (Å²) in [4.78, 5) is 12.3. The van der Waals surface area contributed by atoms with E-state index in [1.54, 1.807) is 0 Å². The predicted molar refractivity (Wildman–Crippen MR) is 116 cm³/mol. The topological polar surface area (TPSA) is 59.8 Å². The summed E-state index contributed by atoms with van der Waals surface area (Å²) in [5.74, 6) is 0.472. The zero-order valence-corrected chi connectivity index (χ0v) is 18.2. The number of carbonyl (C=O) groups is 1. The summed E-state index contributed by atoms with van der Waals surface area (Å²) >= 11 is 1.13. The Morgan fingerprint density at radius 1 is 1.10 bits per heavy atom. The van der Waals surface area contributed by atoms with Gasteiger partial charge < -0.3 is 9.88 Å². The standard InChI is InChI=1S/C22H23F3N4OS/c1-4-29-20(16-11-9-15(10-12-16)14(2)3)27-28-21(29)31-13-19(30)26-18-8-6-5-7-17(18)22(23,24)25/h5-12,14H,4,13H2,1-3H3,(H,26,30). The summed E-state index contributed by atoms with van der Waals surface area (Å²) in [7, 11) is 0. The van der Waals surface area contributed by atoms with E-state index in [2.05, 4.69) is 29.4 Å². The van der Waals surface area contributed by atoms with Crippen molar-refractivity contribution < 1.29 is 18.0 Å². The first-order chi connectivity index (χ1) is 14.7. The van der Waals surface area contributed by atoms with Crippen molar-refractivity contribution >= 4 is 23.4 Å². The number of nitrogens with one attached hydrogen (secondary N) is 1. The second kappa shape index (κ2) is 9.55. The van der Waals surface area contributed by atoms with Crippen molar-refractivity contribution in [2.24, 2.45) is 0 Å². The van der Waals surface area contributed by atoms with Gasteiger partial charge in [0.15, 0.2) is 11.0 Å². The van der Waals surface area contributed by atoms with Crippen LogP contribution in [0.5, 0.6) is 0 Å². The first-order valence-electron chi connectivity index (χ1n) is 9.83. The lowest BCUT2D eigenvalue weighted by molar-refractivity contribution is -0.137. The van der Waals surface area contributed by atoms with Gasteiger partial charge in [-0.1, -0.05) is 62.0 Å². The van der Waals surface area contributed by atoms with Crippen LogP contribution in [0, 0.1) is 0 Å². The van der Waals surface area contributed by atoms with E-state index in [9.17, 15) is 18.0 Å². The molecule has 1 N–H and O–H groups in total. The number of hydrogen-bond donors (Lipinski definition) is 1. The molecule has 164 valence electrons. The van der Waals surface area contributed by atoms with Crippen LogP contribution in [-0.2, 0) is 17.5 Å². The average Bonchev–Trinajstić information content (AvgIpc) is 3.15. The van der Waals surface area contributed by atoms with Gasteiger partial charge in [-0.3, -0.25) is 4.79 Å². The molecule has 0 saturated heterocycles. The maximum Gasteiger partial charge on any atom is 0.418 e. The fourth-order valence-electron chi connectivity index (χ4n) is 3.07. The van der Waals surface area contributed by atoms with Gasteiger partial charge in [-0.25, -0.2) is 0 Å². The lowest BCUT2D eigenvalue weighted by Crippen LogP contribution is -2.18. The van der Waals surface area contributed by atoms with E-state index in [0.29, 0.717) is 23.4 Å². The van der Waals surface area contributed by atoms with Crippen LogP contribution >= 0.6 is 11.8 Å². The van der Waals surface area contributed by atoms with Gasteiger partial charge in [0.1, 0.15) is 0 Å². The quantitative estimate of drug-likeness (QED) is 0.462. The highest BCUT2D eigenvalue weighted by Crippen LogP contribution is 2.34. The normalized spacial score (nSPS) is 11.7. The molecule has 0 bridgehead atoms. The third-order valence-electron chi connectivity index (χ3n) is 4.71. The molecule has 2 aromatic carbocycles. The van der Waals surface area contributed by atoms with Crippen molar-refractivity contribution in [3.05, 3.63) is 59.7 Å². The maximum atomic E-state index is 13.1. The molecule has 3 aromatic rings. The number of halogens is 3. The van der Waals surface area contributed by atoms with Crippen LogP contribution in [0.3, 0.4) is 0 Å². The number of anilines is 1. The Labute approximate surface area is 183 Å². The van der Waals surface area contributed by atoms with Crippen LogP contribution in [-0.4, -0.2) is 26.4 Å². The second-order valence-corrected chi connectivity index (χ2v) is 8.15. The van der Waals surface area contributed by atoms with Crippen molar-refractivity contribution in [3.63, 3.8) is 0 Å². The SMILES string of the molecule is CCn1c(SCC(=O)Nc2ccccc2C(F)(F)F)nnc1-c1ccc(C(C)C)cc1. The Morgan fingerprint density at radius 3 is 2.39 bits per heavy atom. The number of benzene rings is 2. The largest absolute Gasteiger partial charge is 0.418 e. The highest BCUT2D eigenvalue weighted by Gasteiger charge is 2.33. The Morgan fingerprint density at radius 2 is 1.77 bits per heavy atom. The highest BCUT2D eigenvalue weighted by molar-refractivity contribution is 7.99. The van der Waals surface area contributed by atoms with Gasteiger partial charge in [-0.2, -0.15) is 13.2 Å². The van der Waals surface area contributed by atoms with Gasteiger partial charge in [0.25, 0.3) is 0 Å². The molecular formula is C22H23F3N4OS. The van der Waals surface area contributed by atoms with Crippen molar-refractivity contribution in [1.82, 2.24) is 14.8 Å². The minimum Gasteiger partial charge on any atom is -0.325 e. The molecule has 9 heteroatoms. The van der Waals surface area contributed by atoms with E-state index in [0.717, 1.165) is 23.4 Å². The number of aromatic nitrogens is 3. The molecule has 0 saturated carbocycles. The summed E-state index contributed by atoms with van der Waals surface area (Å²) in [6, 6.07) is 13.0. The zero-order chi connectivity index (χ0) is 22.6. The fraction of sp³-hybridized carbons (Fsp3) is 0.318. The van der Waals surface area contributed by atoms with Gasteiger partial charge in [0.2, 0.25) is 5.91 Å². The van der Waals surface area contributed by atoms with Crippen LogP contribution in [0.1, 0.15) is 37.8 Å². The van der Waals surface area contributed by atoms with Gasteiger partial charge in [0.05, 0.1) is 17.0 Å². The summed E-state index contributed by atoms with van der Waals surface area (Å²) < 4.78 is 41.2. The van der Waals surface area contributed by atoms with Crippen LogP contribution in [0.4, 0.5) is 18.9 Å². The highest BCUT2D eigenvalue weighted by atomic mass is 32.2. The molecule has 0 fully saturated rings.